The van der Waals surface area contributed by atoms with Crippen molar-refractivity contribution in [3.8, 4) is 5.75 Å². The molecule has 3 aromatic carbocycles. The van der Waals surface area contributed by atoms with Gasteiger partial charge in [0.2, 0.25) is 5.91 Å². The molecule has 0 spiro atoms. The summed E-state index contributed by atoms with van der Waals surface area (Å²) < 4.78 is 33.9. The van der Waals surface area contributed by atoms with Crippen molar-refractivity contribution in [1.82, 2.24) is 0 Å². The van der Waals surface area contributed by atoms with Gasteiger partial charge in [0.15, 0.2) is 0 Å². The highest BCUT2D eigenvalue weighted by molar-refractivity contribution is 14.1. The number of carbonyl (C=O) groups is 1. The number of benzene rings is 3. The van der Waals surface area contributed by atoms with Crippen LogP contribution in [0.4, 0.5) is 11.4 Å². The summed E-state index contributed by atoms with van der Waals surface area (Å²) in [7, 11) is -2.46. The number of amides is 1. The third-order valence-electron chi connectivity index (χ3n) is 4.09. The molecule has 29 heavy (non-hydrogen) atoms. The topological polar surface area (TPSA) is 75.7 Å². The molecule has 8 heteroatoms. The zero-order valence-corrected chi connectivity index (χ0v) is 18.6. The fourth-order valence-electron chi connectivity index (χ4n) is 2.66. The number of sulfonamides is 1. The quantitative estimate of drug-likeness (QED) is 0.474. The number of ether oxygens (including phenoxy) is 1. The van der Waals surface area contributed by atoms with Gasteiger partial charge in [-0.3, -0.25) is 9.10 Å². The molecular formula is C21H19IN2O4S. The Morgan fingerprint density at radius 2 is 1.69 bits per heavy atom. The molecule has 0 radical (unpaired) electrons. The molecule has 0 aliphatic heterocycles. The van der Waals surface area contributed by atoms with Gasteiger partial charge in [-0.25, -0.2) is 8.42 Å². The van der Waals surface area contributed by atoms with Crippen LogP contribution < -0.4 is 14.4 Å². The highest BCUT2D eigenvalue weighted by Crippen LogP contribution is 2.27. The molecule has 0 saturated heterocycles. The van der Waals surface area contributed by atoms with E-state index in [-0.39, 0.29) is 11.4 Å². The molecule has 3 aromatic rings. The number of nitrogens with one attached hydrogen (secondary N) is 1. The van der Waals surface area contributed by atoms with E-state index in [1.54, 1.807) is 54.6 Å². The SMILES string of the molecule is COc1cccc(N(CC(=O)Nc2ccc(I)cc2)S(=O)(=O)c2ccccc2)c1. The first-order valence-electron chi connectivity index (χ1n) is 8.67. The first kappa shape index (κ1) is 21.1. The van der Waals surface area contributed by atoms with Crippen molar-refractivity contribution in [3.05, 3.63) is 82.4 Å². The Balaban J connectivity index is 1.94. The lowest BCUT2D eigenvalue weighted by Gasteiger charge is -2.24. The van der Waals surface area contributed by atoms with Gasteiger partial charge in [0.1, 0.15) is 12.3 Å². The minimum Gasteiger partial charge on any atom is -0.497 e. The van der Waals surface area contributed by atoms with E-state index >= 15 is 0 Å². The number of rotatable bonds is 7. The van der Waals surface area contributed by atoms with E-state index < -0.39 is 15.9 Å². The molecular weight excluding hydrogens is 503 g/mol. The Morgan fingerprint density at radius 3 is 2.34 bits per heavy atom. The van der Waals surface area contributed by atoms with Crippen LogP contribution in [0.15, 0.2) is 83.8 Å². The van der Waals surface area contributed by atoms with Crippen LogP contribution in [0.25, 0.3) is 0 Å². The molecule has 0 saturated carbocycles. The molecule has 0 fully saturated rings. The summed E-state index contributed by atoms with van der Waals surface area (Å²) in [5.74, 6) is 0.0438. The van der Waals surface area contributed by atoms with Gasteiger partial charge in [-0.05, 0) is 71.1 Å². The predicted molar refractivity (Wildman–Crippen MR) is 122 cm³/mol. The van der Waals surface area contributed by atoms with Crippen molar-refractivity contribution >= 4 is 49.9 Å². The Morgan fingerprint density at radius 1 is 1.00 bits per heavy atom. The van der Waals surface area contributed by atoms with Gasteiger partial charge < -0.3 is 10.1 Å². The van der Waals surface area contributed by atoms with Crippen molar-refractivity contribution in [1.29, 1.82) is 0 Å². The largest absolute Gasteiger partial charge is 0.497 e. The molecule has 0 aromatic heterocycles. The summed E-state index contributed by atoms with van der Waals surface area (Å²) in [4.78, 5) is 12.8. The van der Waals surface area contributed by atoms with E-state index in [4.69, 9.17) is 4.74 Å². The van der Waals surface area contributed by atoms with Gasteiger partial charge in [0.25, 0.3) is 10.0 Å². The molecule has 0 aliphatic rings. The van der Waals surface area contributed by atoms with E-state index in [0.29, 0.717) is 17.1 Å². The number of methoxy groups -OCH3 is 1. The summed E-state index contributed by atoms with van der Waals surface area (Å²) in [5.41, 5.74) is 0.934. The Kier molecular flexibility index (Phi) is 6.75. The van der Waals surface area contributed by atoms with E-state index in [1.807, 2.05) is 12.1 Å². The highest BCUT2D eigenvalue weighted by Gasteiger charge is 2.27. The predicted octanol–water partition coefficient (Wildman–Crippen LogP) is 4.13. The lowest BCUT2D eigenvalue weighted by atomic mass is 10.3. The standard InChI is InChI=1S/C21H19IN2O4S/c1-28-19-7-5-6-18(14-19)24(29(26,27)20-8-3-2-4-9-20)15-21(25)23-17-12-10-16(22)11-13-17/h2-14H,15H2,1H3,(H,23,25). The third-order valence-corrected chi connectivity index (χ3v) is 6.59. The average molecular weight is 522 g/mol. The van der Waals surface area contributed by atoms with Gasteiger partial charge >= 0.3 is 0 Å². The molecule has 0 atom stereocenters. The van der Waals surface area contributed by atoms with E-state index in [9.17, 15) is 13.2 Å². The molecule has 0 heterocycles. The zero-order valence-electron chi connectivity index (χ0n) is 15.6. The van der Waals surface area contributed by atoms with Crippen molar-refractivity contribution < 1.29 is 17.9 Å². The lowest BCUT2D eigenvalue weighted by Crippen LogP contribution is -2.38. The van der Waals surface area contributed by atoms with Crippen LogP contribution in [0.3, 0.4) is 0 Å². The van der Waals surface area contributed by atoms with E-state index in [2.05, 4.69) is 27.9 Å². The van der Waals surface area contributed by atoms with Crippen molar-refractivity contribution in [3.63, 3.8) is 0 Å². The molecule has 0 unspecified atom stereocenters. The van der Waals surface area contributed by atoms with Crippen molar-refractivity contribution in [2.24, 2.45) is 0 Å². The lowest BCUT2D eigenvalue weighted by molar-refractivity contribution is -0.114. The first-order valence-corrected chi connectivity index (χ1v) is 11.2. The van der Waals surface area contributed by atoms with Gasteiger partial charge in [-0.15, -0.1) is 0 Å². The number of halogens is 1. The summed E-state index contributed by atoms with van der Waals surface area (Å²) in [5, 5.41) is 2.74. The second kappa shape index (κ2) is 9.27. The Labute approximate surface area is 183 Å². The maximum Gasteiger partial charge on any atom is 0.264 e. The molecule has 3 rings (SSSR count). The van der Waals surface area contributed by atoms with Crippen LogP contribution >= 0.6 is 22.6 Å². The van der Waals surface area contributed by atoms with Crippen LogP contribution in [0, 0.1) is 3.57 Å². The van der Waals surface area contributed by atoms with Crippen LogP contribution in [-0.4, -0.2) is 28.0 Å². The molecule has 0 aliphatic carbocycles. The molecule has 1 N–H and O–H groups in total. The van der Waals surface area contributed by atoms with E-state index in [1.165, 1.54) is 19.2 Å². The summed E-state index contributed by atoms with van der Waals surface area (Å²) >= 11 is 2.17. The smallest absolute Gasteiger partial charge is 0.264 e. The summed E-state index contributed by atoms with van der Waals surface area (Å²) in [6.07, 6.45) is 0. The molecule has 6 nitrogen and oxygen atoms in total. The summed E-state index contributed by atoms with van der Waals surface area (Å²) in [6, 6.07) is 21.9. The highest BCUT2D eigenvalue weighted by atomic mass is 127. The van der Waals surface area contributed by atoms with E-state index in [0.717, 1.165) is 7.88 Å². The number of hydrogen-bond donors (Lipinski definition) is 1. The second-order valence-electron chi connectivity index (χ2n) is 6.08. The average Bonchev–Trinajstić information content (AvgIpc) is 2.74. The minimum atomic E-state index is -3.96. The first-order chi connectivity index (χ1) is 13.9. The number of hydrogen-bond acceptors (Lipinski definition) is 4. The van der Waals surface area contributed by atoms with Crippen LogP contribution in [0.5, 0.6) is 5.75 Å². The number of carbonyl (C=O) groups excluding carboxylic acids is 1. The van der Waals surface area contributed by atoms with Gasteiger partial charge in [-0.2, -0.15) is 0 Å². The van der Waals surface area contributed by atoms with Gasteiger partial charge in [0.05, 0.1) is 17.7 Å². The van der Waals surface area contributed by atoms with Crippen LogP contribution in [-0.2, 0) is 14.8 Å². The molecule has 150 valence electrons. The number of nitrogens with zero attached hydrogens (tertiary/aromatic N) is 1. The molecule has 1 amide bonds. The second-order valence-corrected chi connectivity index (χ2v) is 9.19. The minimum absolute atomic E-state index is 0.102. The third kappa shape index (κ3) is 5.27. The Hall–Kier alpha value is -2.59. The fourth-order valence-corrected chi connectivity index (χ4v) is 4.46. The maximum absolute atomic E-state index is 13.3. The Bertz CT molecular complexity index is 1090. The summed E-state index contributed by atoms with van der Waals surface area (Å²) in [6.45, 7) is -0.379. The van der Waals surface area contributed by atoms with Crippen molar-refractivity contribution in [2.45, 2.75) is 4.90 Å². The maximum atomic E-state index is 13.3. The zero-order chi connectivity index (χ0) is 20.9. The normalized spacial score (nSPS) is 11.0. The van der Waals surface area contributed by atoms with Crippen molar-refractivity contribution in [2.75, 3.05) is 23.3 Å². The van der Waals surface area contributed by atoms with Gasteiger partial charge in [-0.1, -0.05) is 24.3 Å². The van der Waals surface area contributed by atoms with Gasteiger partial charge in [0, 0.05) is 15.3 Å². The fraction of sp³-hybridized carbons (Fsp3) is 0.0952. The van der Waals surface area contributed by atoms with Crippen LogP contribution in [0.2, 0.25) is 0 Å². The molecule has 0 bridgehead atoms. The van der Waals surface area contributed by atoms with Crippen LogP contribution in [0.1, 0.15) is 0 Å². The monoisotopic (exact) mass is 522 g/mol. The number of anilines is 2.